The van der Waals surface area contributed by atoms with Crippen molar-refractivity contribution in [3.63, 3.8) is 0 Å². The highest BCUT2D eigenvalue weighted by Gasteiger charge is 2.17. The predicted molar refractivity (Wildman–Crippen MR) is 74.9 cm³/mol. The lowest BCUT2D eigenvalue weighted by Gasteiger charge is -2.23. The molecule has 0 spiro atoms. The SMILES string of the molecule is CCCC(=O)N(c1ccc(F)cc1)c1ccc(F)cc1. The van der Waals surface area contributed by atoms with Crippen LogP contribution >= 0.6 is 0 Å². The first-order valence-electron chi connectivity index (χ1n) is 6.46. The van der Waals surface area contributed by atoms with Gasteiger partial charge in [-0.15, -0.1) is 0 Å². The average Bonchev–Trinajstić information content (AvgIpc) is 2.44. The Labute approximate surface area is 116 Å². The summed E-state index contributed by atoms with van der Waals surface area (Å²) < 4.78 is 26.0. The van der Waals surface area contributed by atoms with E-state index in [1.165, 1.54) is 53.4 Å². The summed E-state index contributed by atoms with van der Waals surface area (Å²) in [6, 6.07) is 11.3. The van der Waals surface area contributed by atoms with Gasteiger partial charge in [0.05, 0.1) is 0 Å². The van der Waals surface area contributed by atoms with Crippen LogP contribution < -0.4 is 4.90 Å². The van der Waals surface area contributed by atoms with Crippen molar-refractivity contribution in [2.24, 2.45) is 0 Å². The lowest BCUT2D eigenvalue weighted by molar-refractivity contribution is -0.117. The molecule has 2 aromatic rings. The number of nitrogens with zero attached hydrogens (tertiary/aromatic N) is 1. The molecule has 0 fully saturated rings. The first kappa shape index (κ1) is 14.2. The monoisotopic (exact) mass is 275 g/mol. The van der Waals surface area contributed by atoms with E-state index in [4.69, 9.17) is 0 Å². The molecule has 1 amide bonds. The molecule has 0 N–H and O–H groups in total. The molecule has 0 unspecified atom stereocenters. The molecule has 0 aliphatic heterocycles. The molecule has 0 saturated carbocycles. The summed E-state index contributed by atoms with van der Waals surface area (Å²) in [6.45, 7) is 1.91. The highest BCUT2D eigenvalue weighted by molar-refractivity contribution is 6.00. The van der Waals surface area contributed by atoms with E-state index in [1.54, 1.807) is 0 Å². The van der Waals surface area contributed by atoms with Crippen molar-refractivity contribution in [1.82, 2.24) is 0 Å². The zero-order chi connectivity index (χ0) is 14.5. The van der Waals surface area contributed by atoms with Crippen LogP contribution in [0.2, 0.25) is 0 Å². The van der Waals surface area contributed by atoms with Gasteiger partial charge in [-0.1, -0.05) is 6.92 Å². The summed E-state index contributed by atoms with van der Waals surface area (Å²) in [7, 11) is 0. The van der Waals surface area contributed by atoms with Crippen LogP contribution in [0.3, 0.4) is 0 Å². The fourth-order valence-corrected chi connectivity index (χ4v) is 1.94. The Balaban J connectivity index is 2.41. The molecule has 0 atom stereocenters. The minimum atomic E-state index is -0.365. The van der Waals surface area contributed by atoms with E-state index in [0.29, 0.717) is 24.2 Å². The van der Waals surface area contributed by atoms with Crippen LogP contribution in [0.5, 0.6) is 0 Å². The smallest absolute Gasteiger partial charge is 0.231 e. The second-order valence-corrected chi connectivity index (χ2v) is 4.43. The van der Waals surface area contributed by atoms with Crippen molar-refractivity contribution in [1.29, 1.82) is 0 Å². The van der Waals surface area contributed by atoms with Crippen LogP contribution in [0.4, 0.5) is 20.2 Å². The first-order chi connectivity index (χ1) is 9.61. The molecule has 0 heterocycles. The molecule has 2 rings (SSSR count). The molecule has 2 nitrogen and oxygen atoms in total. The van der Waals surface area contributed by atoms with Crippen LogP contribution in [0, 0.1) is 11.6 Å². The maximum atomic E-state index is 13.0. The maximum Gasteiger partial charge on any atom is 0.231 e. The summed E-state index contributed by atoms with van der Waals surface area (Å²) in [5, 5.41) is 0. The number of amides is 1. The van der Waals surface area contributed by atoms with E-state index in [-0.39, 0.29) is 17.5 Å². The Kier molecular flexibility index (Phi) is 4.45. The van der Waals surface area contributed by atoms with Crippen LogP contribution in [0.1, 0.15) is 19.8 Å². The lowest BCUT2D eigenvalue weighted by Crippen LogP contribution is -2.25. The number of halogens is 2. The molecule has 2 aromatic carbocycles. The Bertz CT molecular complexity index is 533. The van der Waals surface area contributed by atoms with Gasteiger partial charge in [-0.05, 0) is 55.0 Å². The van der Waals surface area contributed by atoms with E-state index >= 15 is 0 Å². The van der Waals surface area contributed by atoms with Gasteiger partial charge < -0.3 is 0 Å². The number of rotatable bonds is 4. The number of carbonyl (C=O) groups excluding carboxylic acids is 1. The largest absolute Gasteiger partial charge is 0.281 e. The normalized spacial score (nSPS) is 10.3. The van der Waals surface area contributed by atoms with Crippen molar-refractivity contribution in [3.8, 4) is 0 Å². The highest BCUT2D eigenvalue weighted by Crippen LogP contribution is 2.27. The number of carbonyl (C=O) groups is 1. The van der Waals surface area contributed by atoms with Crippen LogP contribution in [0.15, 0.2) is 48.5 Å². The van der Waals surface area contributed by atoms with Gasteiger partial charge in [0.1, 0.15) is 11.6 Å². The van der Waals surface area contributed by atoms with Crippen molar-refractivity contribution < 1.29 is 13.6 Å². The maximum absolute atomic E-state index is 13.0. The minimum Gasteiger partial charge on any atom is -0.281 e. The fraction of sp³-hybridized carbons (Fsp3) is 0.188. The van der Waals surface area contributed by atoms with E-state index in [9.17, 15) is 13.6 Å². The van der Waals surface area contributed by atoms with Crippen LogP contribution in [0.25, 0.3) is 0 Å². The summed E-state index contributed by atoms with van der Waals surface area (Å²) >= 11 is 0. The summed E-state index contributed by atoms with van der Waals surface area (Å²) in [5.74, 6) is -0.836. The Morgan fingerprint density at radius 2 is 1.30 bits per heavy atom. The van der Waals surface area contributed by atoms with Crippen molar-refractivity contribution in [2.75, 3.05) is 4.90 Å². The third-order valence-electron chi connectivity index (χ3n) is 2.88. The highest BCUT2D eigenvalue weighted by atomic mass is 19.1. The predicted octanol–water partition coefficient (Wildman–Crippen LogP) is 4.43. The molecule has 0 aromatic heterocycles. The molecule has 0 bridgehead atoms. The average molecular weight is 275 g/mol. The van der Waals surface area contributed by atoms with Crippen molar-refractivity contribution >= 4 is 17.3 Å². The lowest BCUT2D eigenvalue weighted by atomic mass is 10.2. The summed E-state index contributed by atoms with van der Waals surface area (Å²) in [5.41, 5.74) is 1.13. The molecule has 4 heteroatoms. The molecular weight excluding hydrogens is 260 g/mol. The summed E-state index contributed by atoms with van der Waals surface area (Å²) in [6.07, 6.45) is 1.08. The van der Waals surface area contributed by atoms with E-state index in [1.807, 2.05) is 6.92 Å². The molecule has 0 aliphatic rings. The van der Waals surface area contributed by atoms with Gasteiger partial charge in [0.25, 0.3) is 0 Å². The minimum absolute atomic E-state index is 0.106. The van der Waals surface area contributed by atoms with Crippen LogP contribution in [-0.4, -0.2) is 5.91 Å². The number of hydrogen-bond donors (Lipinski definition) is 0. The second kappa shape index (κ2) is 6.28. The standard InChI is InChI=1S/C16H15F2NO/c1-2-3-16(20)19(14-8-4-12(17)5-9-14)15-10-6-13(18)7-11-15/h4-11H,2-3H2,1H3. The molecule has 0 radical (unpaired) electrons. The van der Waals surface area contributed by atoms with Crippen molar-refractivity contribution in [2.45, 2.75) is 19.8 Å². The van der Waals surface area contributed by atoms with Gasteiger partial charge in [-0.2, -0.15) is 0 Å². The molecule has 104 valence electrons. The van der Waals surface area contributed by atoms with E-state index < -0.39 is 0 Å². The van der Waals surface area contributed by atoms with Gasteiger partial charge in [-0.3, -0.25) is 9.69 Å². The Hall–Kier alpha value is -2.23. The molecule has 20 heavy (non-hydrogen) atoms. The van der Waals surface area contributed by atoms with Gasteiger partial charge in [0, 0.05) is 17.8 Å². The topological polar surface area (TPSA) is 20.3 Å². The number of hydrogen-bond acceptors (Lipinski definition) is 1. The summed E-state index contributed by atoms with van der Waals surface area (Å²) in [4.78, 5) is 13.7. The number of anilines is 2. The Morgan fingerprint density at radius 3 is 1.65 bits per heavy atom. The van der Waals surface area contributed by atoms with Gasteiger partial charge in [0.15, 0.2) is 0 Å². The zero-order valence-electron chi connectivity index (χ0n) is 11.1. The molecule has 0 aliphatic carbocycles. The first-order valence-corrected chi connectivity index (χ1v) is 6.46. The molecular formula is C16H15F2NO. The van der Waals surface area contributed by atoms with Crippen LogP contribution in [-0.2, 0) is 4.79 Å². The van der Waals surface area contributed by atoms with E-state index in [0.717, 1.165) is 0 Å². The third-order valence-corrected chi connectivity index (χ3v) is 2.88. The van der Waals surface area contributed by atoms with Gasteiger partial charge in [-0.25, -0.2) is 8.78 Å². The quantitative estimate of drug-likeness (QED) is 0.808. The van der Waals surface area contributed by atoms with Gasteiger partial charge in [0.2, 0.25) is 5.91 Å². The third kappa shape index (κ3) is 3.20. The fourth-order valence-electron chi connectivity index (χ4n) is 1.94. The number of benzene rings is 2. The second-order valence-electron chi connectivity index (χ2n) is 4.43. The van der Waals surface area contributed by atoms with Gasteiger partial charge >= 0.3 is 0 Å². The van der Waals surface area contributed by atoms with Crippen molar-refractivity contribution in [3.05, 3.63) is 60.2 Å². The Morgan fingerprint density at radius 1 is 0.900 bits per heavy atom. The molecule has 0 saturated heterocycles. The van der Waals surface area contributed by atoms with E-state index in [2.05, 4.69) is 0 Å². The zero-order valence-corrected chi connectivity index (χ0v) is 11.1.